The van der Waals surface area contributed by atoms with Crippen molar-refractivity contribution in [1.29, 1.82) is 0 Å². The SMILES string of the molecule is NC(=O)CC(NC(=O)c1ccc2cc[nH]c2c1)C(=O)O. The summed E-state index contributed by atoms with van der Waals surface area (Å²) in [7, 11) is 0. The number of hydrogen-bond acceptors (Lipinski definition) is 3. The minimum Gasteiger partial charge on any atom is -0.480 e. The third kappa shape index (κ3) is 2.94. The van der Waals surface area contributed by atoms with Gasteiger partial charge < -0.3 is 21.1 Å². The Bertz CT molecular complexity index is 677. The van der Waals surface area contributed by atoms with Crippen LogP contribution in [-0.2, 0) is 9.59 Å². The lowest BCUT2D eigenvalue weighted by atomic mass is 10.1. The molecule has 7 heteroatoms. The molecule has 5 N–H and O–H groups in total. The molecule has 2 rings (SSSR count). The predicted octanol–water partition coefficient (Wildman–Crippen LogP) is 0.226. The molecule has 0 aliphatic rings. The van der Waals surface area contributed by atoms with Gasteiger partial charge in [0.2, 0.25) is 5.91 Å². The van der Waals surface area contributed by atoms with Gasteiger partial charge in [0.15, 0.2) is 0 Å². The number of nitrogens with two attached hydrogens (primary N) is 1. The standard InChI is InChI=1S/C13H13N3O4/c14-11(17)6-10(13(19)20)16-12(18)8-2-1-7-3-4-15-9(7)5-8/h1-5,10,15H,6H2,(H2,14,17)(H,16,18)(H,19,20). The van der Waals surface area contributed by atoms with Crippen LogP contribution >= 0.6 is 0 Å². The van der Waals surface area contributed by atoms with Gasteiger partial charge in [-0.1, -0.05) is 6.07 Å². The van der Waals surface area contributed by atoms with Crippen molar-refractivity contribution < 1.29 is 19.5 Å². The van der Waals surface area contributed by atoms with E-state index in [9.17, 15) is 14.4 Å². The average Bonchev–Trinajstić information content (AvgIpc) is 2.84. The molecule has 0 spiro atoms. The molecule has 1 unspecified atom stereocenters. The summed E-state index contributed by atoms with van der Waals surface area (Å²) >= 11 is 0. The van der Waals surface area contributed by atoms with Crippen LogP contribution in [0.3, 0.4) is 0 Å². The highest BCUT2D eigenvalue weighted by molar-refractivity contribution is 6.00. The van der Waals surface area contributed by atoms with Crippen LogP contribution in [-0.4, -0.2) is 33.9 Å². The molecule has 2 aromatic rings. The zero-order chi connectivity index (χ0) is 14.7. The van der Waals surface area contributed by atoms with Crippen LogP contribution < -0.4 is 11.1 Å². The molecule has 0 aliphatic heterocycles. The summed E-state index contributed by atoms with van der Waals surface area (Å²) in [5, 5.41) is 12.1. The van der Waals surface area contributed by atoms with Crippen molar-refractivity contribution in [1.82, 2.24) is 10.3 Å². The summed E-state index contributed by atoms with van der Waals surface area (Å²) in [5.74, 6) is -2.68. The van der Waals surface area contributed by atoms with Crippen LogP contribution in [0, 0.1) is 0 Å². The van der Waals surface area contributed by atoms with Crippen LogP contribution in [0.4, 0.5) is 0 Å². The van der Waals surface area contributed by atoms with Crippen molar-refractivity contribution in [2.45, 2.75) is 12.5 Å². The monoisotopic (exact) mass is 275 g/mol. The van der Waals surface area contributed by atoms with E-state index in [0.29, 0.717) is 5.56 Å². The molecule has 20 heavy (non-hydrogen) atoms. The number of rotatable bonds is 5. The molecule has 1 atom stereocenters. The Morgan fingerprint density at radius 2 is 2.05 bits per heavy atom. The molecule has 0 saturated heterocycles. The molecule has 0 aliphatic carbocycles. The zero-order valence-electron chi connectivity index (χ0n) is 10.4. The number of carboxylic acid groups (broad SMARTS) is 1. The quantitative estimate of drug-likeness (QED) is 0.623. The van der Waals surface area contributed by atoms with E-state index in [1.54, 1.807) is 24.4 Å². The van der Waals surface area contributed by atoms with E-state index in [4.69, 9.17) is 10.8 Å². The predicted molar refractivity (Wildman–Crippen MR) is 71.0 cm³/mol. The maximum absolute atomic E-state index is 12.0. The normalized spacial score (nSPS) is 12.0. The number of H-pyrrole nitrogens is 1. The number of nitrogens with one attached hydrogen (secondary N) is 2. The van der Waals surface area contributed by atoms with E-state index in [0.717, 1.165) is 10.9 Å². The van der Waals surface area contributed by atoms with Gasteiger partial charge in [0.05, 0.1) is 6.42 Å². The number of carboxylic acids is 1. The minimum absolute atomic E-state index is 0.302. The highest BCUT2D eigenvalue weighted by atomic mass is 16.4. The van der Waals surface area contributed by atoms with Gasteiger partial charge in [-0.15, -0.1) is 0 Å². The van der Waals surface area contributed by atoms with Gasteiger partial charge in [-0.3, -0.25) is 9.59 Å². The number of amides is 2. The second-order valence-corrected chi connectivity index (χ2v) is 4.31. The second kappa shape index (κ2) is 5.43. The van der Waals surface area contributed by atoms with Gasteiger partial charge in [-0.05, 0) is 23.6 Å². The number of benzene rings is 1. The first-order valence-corrected chi connectivity index (χ1v) is 5.86. The summed E-state index contributed by atoms with van der Waals surface area (Å²) in [4.78, 5) is 36.6. The van der Waals surface area contributed by atoms with Crippen molar-refractivity contribution in [2.75, 3.05) is 0 Å². The molecule has 0 saturated carbocycles. The van der Waals surface area contributed by atoms with Crippen molar-refractivity contribution in [3.05, 3.63) is 36.0 Å². The van der Waals surface area contributed by atoms with E-state index < -0.39 is 30.2 Å². The molecule has 1 heterocycles. The summed E-state index contributed by atoms with van der Waals surface area (Å²) in [6.45, 7) is 0. The summed E-state index contributed by atoms with van der Waals surface area (Å²) in [6, 6.07) is 5.44. The largest absolute Gasteiger partial charge is 0.480 e. The summed E-state index contributed by atoms with van der Waals surface area (Å²) in [5.41, 5.74) is 6.01. The van der Waals surface area contributed by atoms with Gasteiger partial charge in [0.1, 0.15) is 6.04 Å². The molecular weight excluding hydrogens is 262 g/mol. The summed E-state index contributed by atoms with van der Waals surface area (Å²) in [6.07, 6.45) is 1.28. The fourth-order valence-corrected chi connectivity index (χ4v) is 1.83. The van der Waals surface area contributed by atoms with Crippen molar-refractivity contribution >= 4 is 28.7 Å². The van der Waals surface area contributed by atoms with E-state index in [-0.39, 0.29) is 0 Å². The fourth-order valence-electron chi connectivity index (χ4n) is 1.83. The van der Waals surface area contributed by atoms with E-state index in [1.165, 1.54) is 0 Å². The fraction of sp³-hybridized carbons (Fsp3) is 0.154. The maximum atomic E-state index is 12.0. The molecule has 0 radical (unpaired) electrons. The van der Waals surface area contributed by atoms with Gasteiger partial charge >= 0.3 is 5.97 Å². The second-order valence-electron chi connectivity index (χ2n) is 4.31. The Morgan fingerprint density at radius 3 is 2.70 bits per heavy atom. The molecule has 2 amide bonds. The smallest absolute Gasteiger partial charge is 0.326 e. The number of hydrogen-bond donors (Lipinski definition) is 4. The summed E-state index contributed by atoms with van der Waals surface area (Å²) < 4.78 is 0. The van der Waals surface area contributed by atoms with Crippen molar-refractivity contribution in [3.63, 3.8) is 0 Å². The molecule has 1 aromatic carbocycles. The zero-order valence-corrected chi connectivity index (χ0v) is 10.4. The van der Waals surface area contributed by atoms with Gasteiger partial charge in [-0.2, -0.15) is 0 Å². The molecule has 0 bridgehead atoms. The van der Waals surface area contributed by atoms with Crippen molar-refractivity contribution in [3.8, 4) is 0 Å². The van der Waals surface area contributed by atoms with Gasteiger partial charge in [0.25, 0.3) is 5.91 Å². The third-order valence-electron chi connectivity index (χ3n) is 2.83. The molecule has 7 nitrogen and oxygen atoms in total. The molecular formula is C13H13N3O4. The number of carbonyl (C=O) groups excluding carboxylic acids is 2. The Balaban J connectivity index is 2.17. The van der Waals surface area contributed by atoms with Crippen LogP contribution in [0.25, 0.3) is 10.9 Å². The van der Waals surface area contributed by atoms with E-state index in [2.05, 4.69) is 10.3 Å². The maximum Gasteiger partial charge on any atom is 0.326 e. The third-order valence-corrected chi connectivity index (χ3v) is 2.83. The number of primary amides is 1. The Hall–Kier alpha value is -2.83. The Kier molecular flexibility index (Phi) is 3.69. The number of fused-ring (bicyclic) bond motifs is 1. The average molecular weight is 275 g/mol. The van der Waals surface area contributed by atoms with Crippen molar-refractivity contribution in [2.24, 2.45) is 5.73 Å². The number of aromatic amines is 1. The van der Waals surface area contributed by atoms with Crippen LogP contribution in [0.5, 0.6) is 0 Å². The first-order valence-electron chi connectivity index (χ1n) is 5.86. The molecule has 104 valence electrons. The van der Waals surface area contributed by atoms with E-state index in [1.807, 2.05) is 6.07 Å². The lowest BCUT2D eigenvalue weighted by Crippen LogP contribution is -2.43. The Labute approximate surface area is 113 Å². The first-order chi connectivity index (χ1) is 9.47. The highest BCUT2D eigenvalue weighted by Gasteiger charge is 2.22. The van der Waals surface area contributed by atoms with E-state index >= 15 is 0 Å². The topological polar surface area (TPSA) is 125 Å². The van der Waals surface area contributed by atoms with Gasteiger partial charge in [0, 0.05) is 17.3 Å². The van der Waals surface area contributed by atoms with Crippen LogP contribution in [0.15, 0.2) is 30.5 Å². The highest BCUT2D eigenvalue weighted by Crippen LogP contribution is 2.14. The number of aliphatic carboxylic acids is 1. The molecule has 0 fully saturated rings. The lowest BCUT2D eigenvalue weighted by Gasteiger charge is -2.12. The van der Waals surface area contributed by atoms with Gasteiger partial charge in [-0.25, -0.2) is 4.79 Å². The Morgan fingerprint density at radius 1 is 1.30 bits per heavy atom. The number of aromatic nitrogens is 1. The molecule has 1 aromatic heterocycles. The lowest BCUT2D eigenvalue weighted by molar-refractivity contribution is -0.140. The van der Waals surface area contributed by atoms with Crippen LogP contribution in [0.2, 0.25) is 0 Å². The minimum atomic E-state index is -1.33. The number of carbonyl (C=O) groups is 3. The van der Waals surface area contributed by atoms with Crippen LogP contribution in [0.1, 0.15) is 16.8 Å². The first kappa shape index (κ1) is 13.6.